The van der Waals surface area contributed by atoms with Crippen molar-refractivity contribution in [1.29, 1.82) is 0 Å². The molecule has 0 saturated heterocycles. The summed E-state index contributed by atoms with van der Waals surface area (Å²) in [6.45, 7) is 0.665. The van der Waals surface area contributed by atoms with E-state index in [2.05, 4.69) is 38.0 Å². The average Bonchev–Trinajstić information content (AvgIpc) is 2.66. The van der Waals surface area contributed by atoms with Crippen LogP contribution in [0.5, 0.6) is 0 Å². The van der Waals surface area contributed by atoms with Crippen LogP contribution >= 0.6 is 15.9 Å². The van der Waals surface area contributed by atoms with Gasteiger partial charge in [-0.2, -0.15) is 0 Å². The highest BCUT2D eigenvalue weighted by Gasteiger charge is 2.08. The van der Waals surface area contributed by atoms with E-state index in [1.165, 1.54) is 0 Å². The highest BCUT2D eigenvalue weighted by atomic mass is 79.9. The van der Waals surface area contributed by atoms with Gasteiger partial charge in [0.2, 0.25) is 5.95 Å². The lowest BCUT2D eigenvalue weighted by molar-refractivity contribution is 0.827. The molecule has 90 valence electrons. The lowest BCUT2D eigenvalue weighted by Crippen LogP contribution is -2.05. The number of pyridine rings is 1. The number of fused-ring (bicyclic) bond motifs is 1. The number of anilines is 1. The third-order valence-corrected chi connectivity index (χ3v) is 3.26. The largest absolute Gasteiger partial charge is 0.369 e. The number of rotatable bonds is 2. The number of benzene rings is 1. The van der Waals surface area contributed by atoms with Crippen molar-refractivity contribution in [3.63, 3.8) is 0 Å². The van der Waals surface area contributed by atoms with Crippen molar-refractivity contribution < 1.29 is 0 Å². The summed E-state index contributed by atoms with van der Waals surface area (Å²) < 4.78 is 2.97. The first-order valence-electron chi connectivity index (χ1n) is 5.55. The molecule has 0 radical (unpaired) electrons. The van der Waals surface area contributed by atoms with Crippen LogP contribution in [0.3, 0.4) is 0 Å². The fraction of sp³-hybridized carbons (Fsp3) is 0.0769. The molecule has 18 heavy (non-hydrogen) atoms. The summed E-state index contributed by atoms with van der Waals surface area (Å²) in [7, 11) is 0. The number of imidazole rings is 1. The Bertz CT molecular complexity index is 705. The first-order chi connectivity index (χ1) is 8.74. The van der Waals surface area contributed by atoms with E-state index in [0.29, 0.717) is 12.5 Å². The van der Waals surface area contributed by atoms with Gasteiger partial charge < -0.3 is 5.73 Å². The molecule has 1 aromatic carbocycles. The fourth-order valence-corrected chi connectivity index (χ4v) is 2.40. The third kappa shape index (κ3) is 1.97. The van der Waals surface area contributed by atoms with Crippen LogP contribution in [-0.2, 0) is 6.54 Å². The summed E-state index contributed by atoms with van der Waals surface area (Å²) in [5, 5.41) is 0. The normalized spacial score (nSPS) is 10.9. The molecule has 2 N–H and O–H groups in total. The zero-order valence-electron chi connectivity index (χ0n) is 9.55. The van der Waals surface area contributed by atoms with Crippen LogP contribution in [0.2, 0.25) is 0 Å². The van der Waals surface area contributed by atoms with Crippen molar-refractivity contribution in [2.45, 2.75) is 6.54 Å². The monoisotopic (exact) mass is 302 g/mol. The molecule has 3 aromatic rings. The van der Waals surface area contributed by atoms with E-state index in [1.807, 2.05) is 28.8 Å². The van der Waals surface area contributed by atoms with Gasteiger partial charge in [0, 0.05) is 10.7 Å². The molecule has 3 rings (SSSR count). The molecular weight excluding hydrogens is 292 g/mol. The van der Waals surface area contributed by atoms with Crippen LogP contribution in [0.25, 0.3) is 11.2 Å². The summed E-state index contributed by atoms with van der Waals surface area (Å²) in [4.78, 5) is 8.63. The Kier molecular flexibility index (Phi) is 2.76. The van der Waals surface area contributed by atoms with Gasteiger partial charge in [-0.05, 0) is 29.8 Å². The Morgan fingerprint density at radius 2 is 2.11 bits per heavy atom. The van der Waals surface area contributed by atoms with Gasteiger partial charge in [-0.1, -0.05) is 28.1 Å². The number of hydrogen-bond acceptors (Lipinski definition) is 3. The molecule has 0 fully saturated rings. The molecule has 0 saturated carbocycles. The van der Waals surface area contributed by atoms with Gasteiger partial charge in [-0.15, -0.1) is 0 Å². The second kappa shape index (κ2) is 4.42. The standard InChI is InChI=1S/C13H11BrN4/c14-10-4-1-3-9(7-10)8-18-12-11(17-13(18)15)5-2-6-16-12/h1-7H,8H2,(H2,15,17). The van der Waals surface area contributed by atoms with E-state index >= 15 is 0 Å². The predicted molar refractivity (Wildman–Crippen MR) is 75.2 cm³/mol. The summed E-state index contributed by atoms with van der Waals surface area (Å²) in [6, 6.07) is 11.9. The van der Waals surface area contributed by atoms with Crippen molar-refractivity contribution in [1.82, 2.24) is 14.5 Å². The summed E-state index contributed by atoms with van der Waals surface area (Å²) >= 11 is 3.46. The molecule has 2 aromatic heterocycles. The lowest BCUT2D eigenvalue weighted by atomic mass is 10.2. The van der Waals surface area contributed by atoms with E-state index in [4.69, 9.17) is 5.73 Å². The topological polar surface area (TPSA) is 56.7 Å². The third-order valence-electron chi connectivity index (χ3n) is 2.76. The molecule has 2 heterocycles. The Morgan fingerprint density at radius 1 is 1.22 bits per heavy atom. The van der Waals surface area contributed by atoms with Crippen LogP contribution in [0.1, 0.15) is 5.56 Å². The second-order valence-corrected chi connectivity index (χ2v) is 4.95. The molecule has 4 nitrogen and oxygen atoms in total. The van der Waals surface area contributed by atoms with Gasteiger partial charge in [-0.25, -0.2) is 9.97 Å². The summed E-state index contributed by atoms with van der Waals surface area (Å²) in [6.07, 6.45) is 1.75. The minimum atomic E-state index is 0.490. The van der Waals surface area contributed by atoms with Gasteiger partial charge in [-0.3, -0.25) is 4.57 Å². The van der Waals surface area contributed by atoms with Gasteiger partial charge >= 0.3 is 0 Å². The van der Waals surface area contributed by atoms with Crippen LogP contribution in [0, 0.1) is 0 Å². The van der Waals surface area contributed by atoms with E-state index in [9.17, 15) is 0 Å². The van der Waals surface area contributed by atoms with E-state index in [-0.39, 0.29) is 0 Å². The molecule has 0 atom stereocenters. The van der Waals surface area contributed by atoms with E-state index in [1.54, 1.807) is 6.20 Å². The maximum Gasteiger partial charge on any atom is 0.202 e. The number of nitrogens with zero attached hydrogens (tertiary/aromatic N) is 3. The molecule has 0 aliphatic carbocycles. The van der Waals surface area contributed by atoms with E-state index < -0.39 is 0 Å². The SMILES string of the molecule is Nc1nc2cccnc2n1Cc1cccc(Br)c1. The number of hydrogen-bond donors (Lipinski definition) is 1. The van der Waals surface area contributed by atoms with Crippen LogP contribution in [-0.4, -0.2) is 14.5 Å². The Hall–Kier alpha value is -1.88. The van der Waals surface area contributed by atoms with Gasteiger partial charge in [0.05, 0.1) is 6.54 Å². The van der Waals surface area contributed by atoms with Crippen LogP contribution < -0.4 is 5.73 Å². The number of aromatic nitrogens is 3. The van der Waals surface area contributed by atoms with Gasteiger partial charge in [0.1, 0.15) is 5.52 Å². The fourth-order valence-electron chi connectivity index (χ4n) is 1.95. The molecular formula is C13H11BrN4. The number of nitrogen functional groups attached to an aromatic ring is 1. The molecule has 0 amide bonds. The highest BCUT2D eigenvalue weighted by Crippen LogP contribution is 2.18. The average molecular weight is 303 g/mol. The van der Waals surface area contributed by atoms with Crippen LogP contribution in [0.4, 0.5) is 5.95 Å². The predicted octanol–water partition coefficient (Wildman–Crippen LogP) is 2.82. The molecule has 0 unspecified atom stereocenters. The second-order valence-electron chi connectivity index (χ2n) is 4.03. The first kappa shape index (κ1) is 11.2. The molecule has 0 aliphatic rings. The smallest absolute Gasteiger partial charge is 0.202 e. The highest BCUT2D eigenvalue weighted by molar-refractivity contribution is 9.10. The lowest BCUT2D eigenvalue weighted by Gasteiger charge is -2.06. The van der Waals surface area contributed by atoms with Crippen molar-refractivity contribution >= 4 is 33.0 Å². The number of halogens is 1. The maximum absolute atomic E-state index is 5.94. The zero-order valence-corrected chi connectivity index (χ0v) is 11.1. The Labute approximate surface area is 113 Å². The van der Waals surface area contributed by atoms with E-state index in [0.717, 1.165) is 21.2 Å². The van der Waals surface area contributed by atoms with Crippen molar-refractivity contribution in [3.8, 4) is 0 Å². The molecule has 0 aliphatic heterocycles. The molecule has 0 bridgehead atoms. The Morgan fingerprint density at radius 3 is 2.94 bits per heavy atom. The maximum atomic E-state index is 5.94. The minimum absolute atomic E-state index is 0.490. The molecule has 5 heteroatoms. The minimum Gasteiger partial charge on any atom is -0.369 e. The first-order valence-corrected chi connectivity index (χ1v) is 6.34. The Balaban J connectivity index is 2.07. The van der Waals surface area contributed by atoms with Crippen molar-refractivity contribution in [2.24, 2.45) is 0 Å². The van der Waals surface area contributed by atoms with Gasteiger partial charge in [0.25, 0.3) is 0 Å². The van der Waals surface area contributed by atoms with Crippen molar-refractivity contribution in [2.75, 3.05) is 5.73 Å². The van der Waals surface area contributed by atoms with Gasteiger partial charge in [0.15, 0.2) is 5.65 Å². The molecule has 0 spiro atoms. The summed E-state index contributed by atoms with van der Waals surface area (Å²) in [5.74, 6) is 0.490. The zero-order chi connectivity index (χ0) is 12.5. The van der Waals surface area contributed by atoms with Crippen molar-refractivity contribution in [3.05, 3.63) is 52.6 Å². The quantitative estimate of drug-likeness (QED) is 0.792. The summed E-state index contributed by atoms with van der Waals surface area (Å²) in [5.41, 5.74) is 8.73. The van der Waals surface area contributed by atoms with Crippen LogP contribution in [0.15, 0.2) is 47.1 Å². The number of nitrogens with two attached hydrogens (primary N) is 1.